The Balaban J connectivity index is 2.04. The van der Waals surface area contributed by atoms with Gasteiger partial charge in [0.25, 0.3) is 0 Å². The van der Waals surface area contributed by atoms with Crippen molar-refractivity contribution in [2.75, 3.05) is 32.8 Å². The molecule has 0 unspecified atom stereocenters. The van der Waals surface area contributed by atoms with Crippen LogP contribution in [0.15, 0.2) is 0 Å². The minimum absolute atomic E-state index is 0.272. The van der Waals surface area contributed by atoms with Crippen molar-refractivity contribution in [2.45, 2.75) is 46.5 Å². The smallest absolute Gasteiger partial charge is 0.158 e. The molecular formula is C15H29NO2. The minimum Gasteiger partial charge on any atom is -0.373 e. The zero-order valence-corrected chi connectivity index (χ0v) is 12.3. The van der Waals surface area contributed by atoms with E-state index in [0.717, 1.165) is 18.9 Å². The summed E-state index contributed by atoms with van der Waals surface area (Å²) in [6.45, 7) is 11.0. The number of Topliss-reactive ketones (excluding diaryl/α,β-unsaturated/α-hetero) is 1. The average Bonchev–Trinajstić information content (AvgIpc) is 2.36. The molecule has 106 valence electrons. The van der Waals surface area contributed by atoms with E-state index in [2.05, 4.69) is 25.7 Å². The second-order valence-electron chi connectivity index (χ2n) is 5.86. The van der Waals surface area contributed by atoms with Crippen LogP contribution in [0.1, 0.15) is 46.5 Å². The van der Waals surface area contributed by atoms with Crippen LogP contribution >= 0.6 is 0 Å². The van der Waals surface area contributed by atoms with E-state index < -0.39 is 0 Å². The van der Waals surface area contributed by atoms with Crippen molar-refractivity contribution in [3.63, 3.8) is 0 Å². The van der Waals surface area contributed by atoms with Gasteiger partial charge in [-0.25, -0.2) is 0 Å². The summed E-state index contributed by atoms with van der Waals surface area (Å²) in [6.07, 6.45) is 4.28. The summed E-state index contributed by atoms with van der Waals surface area (Å²) < 4.78 is 5.37. The maximum absolute atomic E-state index is 11.7. The monoisotopic (exact) mass is 255 g/mol. The summed E-state index contributed by atoms with van der Waals surface area (Å²) in [5.41, 5.74) is 0. The first kappa shape index (κ1) is 15.6. The summed E-state index contributed by atoms with van der Waals surface area (Å²) >= 11 is 0. The molecule has 1 rings (SSSR count). The maximum atomic E-state index is 11.7. The molecule has 0 aromatic heterocycles. The van der Waals surface area contributed by atoms with E-state index in [4.69, 9.17) is 4.74 Å². The molecule has 1 heterocycles. The first-order chi connectivity index (χ1) is 8.61. The Bertz CT molecular complexity index is 233. The predicted molar refractivity (Wildman–Crippen MR) is 74.7 cm³/mol. The van der Waals surface area contributed by atoms with Crippen LogP contribution in [0, 0.1) is 11.8 Å². The fourth-order valence-electron chi connectivity index (χ4n) is 2.44. The predicted octanol–water partition coefficient (Wildman–Crippen LogP) is 2.74. The first-order valence-electron chi connectivity index (χ1n) is 7.43. The maximum Gasteiger partial charge on any atom is 0.158 e. The first-order valence-corrected chi connectivity index (χ1v) is 7.43. The molecule has 0 bridgehead atoms. The van der Waals surface area contributed by atoms with Gasteiger partial charge in [-0.15, -0.1) is 0 Å². The number of likely N-dealkylation sites (tertiary alicyclic amines) is 1. The van der Waals surface area contributed by atoms with Crippen molar-refractivity contribution in [1.29, 1.82) is 0 Å². The Kier molecular flexibility index (Phi) is 7.52. The zero-order valence-electron chi connectivity index (χ0n) is 12.3. The van der Waals surface area contributed by atoms with Crippen LogP contribution in [0.5, 0.6) is 0 Å². The molecule has 0 aliphatic carbocycles. The highest BCUT2D eigenvalue weighted by atomic mass is 16.5. The fourth-order valence-corrected chi connectivity index (χ4v) is 2.44. The Morgan fingerprint density at radius 3 is 2.56 bits per heavy atom. The van der Waals surface area contributed by atoms with Gasteiger partial charge in [-0.05, 0) is 50.7 Å². The number of piperidine rings is 1. The van der Waals surface area contributed by atoms with Crippen molar-refractivity contribution < 1.29 is 9.53 Å². The van der Waals surface area contributed by atoms with Crippen LogP contribution in [-0.2, 0) is 9.53 Å². The molecule has 0 saturated carbocycles. The van der Waals surface area contributed by atoms with E-state index >= 15 is 0 Å². The van der Waals surface area contributed by atoms with Gasteiger partial charge in [0.05, 0.1) is 0 Å². The molecule has 3 heteroatoms. The number of carbonyl (C=O) groups excluding carboxylic acids is 1. The molecule has 0 N–H and O–H groups in total. The summed E-state index contributed by atoms with van der Waals surface area (Å²) in [5, 5.41) is 0. The van der Waals surface area contributed by atoms with Gasteiger partial charge in [0.2, 0.25) is 0 Å². The van der Waals surface area contributed by atoms with Gasteiger partial charge in [0.1, 0.15) is 6.61 Å². The topological polar surface area (TPSA) is 29.5 Å². The van der Waals surface area contributed by atoms with Gasteiger partial charge >= 0.3 is 0 Å². The third-order valence-electron chi connectivity index (χ3n) is 3.70. The molecule has 0 radical (unpaired) electrons. The Hall–Kier alpha value is -0.410. The van der Waals surface area contributed by atoms with Crippen molar-refractivity contribution in [3.8, 4) is 0 Å². The van der Waals surface area contributed by atoms with Gasteiger partial charge in [-0.1, -0.05) is 20.8 Å². The molecular weight excluding hydrogens is 226 g/mol. The quantitative estimate of drug-likeness (QED) is 0.668. The fraction of sp³-hybridized carbons (Fsp3) is 0.933. The number of ether oxygens (including phenoxy) is 1. The Morgan fingerprint density at radius 2 is 2.00 bits per heavy atom. The third-order valence-corrected chi connectivity index (χ3v) is 3.70. The van der Waals surface area contributed by atoms with Crippen molar-refractivity contribution in [3.05, 3.63) is 0 Å². The summed E-state index contributed by atoms with van der Waals surface area (Å²) in [6, 6.07) is 0. The lowest BCUT2D eigenvalue weighted by Gasteiger charge is -2.30. The van der Waals surface area contributed by atoms with Crippen LogP contribution < -0.4 is 0 Å². The highest BCUT2D eigenvalue weighted by molar-refractivity contribution is 5.79. The second-order valence-corrected chi connectivity index (χ2v) is 5.86. The van der Waals surface area contributed by atoms with E-state index in [1.54, 1.807) is 0 Å². The van der Waals surface area contributed by atoms with Crippen molar-refractivity contribution in [1.82, 2.24) is 4.90 Å². The number of rotatable bonds is 8. The molecule has 0 spiro atoms. The average molecular weight is 255 g/mol. The summed E-state index contributed by atoms with van der Waals surface area (Å²) in [4.78, 5) is 14.1. The van der Waals surface area contributed by atoms with Crippen molar-refractivity contribution in [2.24, 2.45) is 11.8 Å². The Morgan fingerprint density at radius 1 is 1.33 bits per heavy atom. The van der Waals surface area contributed by atoms with E-state index in [1.165, 1.54) is 25.9 Å². The van der Waals surface area contributed by atoms with E-state index in [0.29, 0.717) is 25.6 Å². The molecule has 3 nitrogen and oxygen atoms in total. The molecule has 1 fully saturated rings. The number of nitrogens with zero attached hydrogens (tertiary/aromatic N) is 1. The van der Waals surface area contributed by atoms with Gasteiger partial charge in [0.15, 0.2) is 5.78 Å². The molecule has 0 aromatic rings. The number of carbonyl (C=O) groups is 1. The van der Waals surface area contributed by atoms with E-state index in [9.17, 15) is 4.79 Å². The van der Waals surface area contributed by atoms with Crippen LogP contribution in [-0.4, -0.2) is 43.5 Å². The van der Waals surface area contributed by atoms with E-state index in [1.807, 2.05) is 0 Å². The lowest BCUT2D eigenvalue weighted by molar-refractivity contribution is -0.124. The molecule has 1 aliphatic heterocycles. The zero-order chi connectivity index (χ0) is 13.4. The van der Waals surface area contributed by atoms with Gasteiger partial charge < -0.3 is 9.64 Å². The standard InChI is InChI=1S/C15H29NO2/c1-4-16-9-7-14(8-10-16)5-6-15(17)12-18-11-13(2)3/h13-14H,4-12H2,1-3H3. The van der Waals surface area contributed by atoms with E-state index in [-0.39, 0.29) is 5.78 Å². The van der Waals surface area contributed by atoms with Crippen LogP contribution in [0.4, 0.5) is 0 Å². The lowest BCUT2D eigenvalue weighted by atomic mass is 9.91. The SMILES string of the molecule is CCN1CCC(CCC(=O)COCC(C)C)CC1. The highest BCUT2D eigenvalue weighted by Crippen LogP contribution is 2.21. The minimum atomic E-state index is 0.272. The van der Waals surface area contributed by atoms with Gasteiger partial charge in [0, 0.05) is 13.0 Å². The molecule has 0 amide bonds. The van der Waals surface area contributed by atoms with Gasteiger partial charge in [-0.3, -0.25) is 4.79 Å². The number of hydrogen-bond acceptors (Lipinski definition) is 3. The molecule has 1 saturated heterocycles. The Labute approximate surface area is 112 Å². The number of ketones is 1. The number of hydrogen-bond donors (Lipinski definition) is 0. The molecule has 0 atom stereocenters. The largest absolute Gasteiger partial charge is 0.373 e. The summed E-state index contributed by atoms with van der Waals surface area (Å²) in [7, 11) is 0. The van der Waals surface area contributed by atoms with Crippen molar-refractivity contribution >= 4 is 5.78 Å². The molecule has 1 aliphatic rings. The second kappa shape index (κ2) is 8.65. The lowest BCUT2D eigenvalue weighted by Crippen LogP contribution is -2.33. The molecule has 18 heavy (non-hydrogen) atoms. The normalized spacial score (nSPS) is 18.4. The molecule has 0 aromatic carbocycles. The highest BCUT2D eigenvalue weighted by Gasteiger charge is 2.18. The third kappa shape index (κ3) is 6.50. The van der Waals surface area contributed by atoms with Crippen LogP contribution in [0.3, 0.4) is 0 Å². The summed E-state index contributed by atoms with van der Waals surface area (Å²) in [5.74, 6) is 1.53. The van der Waals surface area contributed by atoms with Crippen LogP contribution in [0.2, 0.25) is 0 Å². The van der Waals surface area contributed by atoms with Crippen LogP contribution in [0.25, 0.3) is 0 Å². The van der Waals surface area contributed by atoms with Gasteiger partial charge in [-0.2, -0.15) is 0 Å².